The standard InChI is InChI=1S/C14H20N2O3/c1-14(2)8-15-9-6-11(18-4)12(19-5)7-10(9)16(3)13(14)17/h6-7,15H,8H2,1-5H3. The van der Waals surface area contributed by atoms with E-state index in [-0.39, 0.29) is 5.91 Å². The molecule has 0 unspecified atom stereocenters. The summed E-state index contributed by atoms with van der Waals surface area (Å²) in [6.45, 7) is 4.44. The number of amides is 1. The first-order valence-electron chi connectivity index (χ1n) is 6.19. The maximum Gasteiger partial charge on any atom is 0.234 e. The maximum absolute atomic E-state index is 12.4. The van der Waals surface area contributed by atoms with Gasteiger partial charge in [-0.1, -0.05) is 0 Å². The number of carbonyl (C=O) groups excluding carboxylic acids is 1. The van der Waals surface area contributed by atoms with Crippen molar-refractivity contribution in [3.8, 4) is 11.5 Å². The molecule has 1 N–H and O–H groups in total. The molecule has 2 rings (SSSR count). The van der Waals surface area contributed by atoms with Crippen LogP contribution in [0.15, 0.2) is 12.1 Å². The van der Waals surface area contributed by atoms with E-state index < -0.39 is 5.41 Å². The van der Waals surface area contributed by atoms with Crippen LogP contribution in [0, 0.1) is 5.41 Å². The Morgan fingerprint density at radius 2 is 1.79 bits per heavy atom. The fourth-order valence-corrected chi connectivity index (χ4v) is 2.24. The van der Waals surface area contributed by atoms with Crippen molar-refractivity contribution in [3.05, 3.63) is 12.1 Å². The molecule has 1 aromatic rings. The number of carbonyl (C=O) groups is 1. The van der Waals surface area contributed by atoms with Gasteiger partial charge in [0, 0.05) is 25.7 Å². The Labute approximate surface area is 113 Å². The second-order valence-electron chi connectivity index (χ2n) is 5.33. The van der Waals surface area contributed by atoms with Gasteiger partial charge in [0.1, 0.15) is 0 Å². The molecule has 0 bridgehead atoms. The van der Waals surface area contributed by atoms with Crippen LogP contribution < -0.4 is 19.7 Å². The molecule has 19 heavy (non-hydrogen) atoms. The first kappa shape index (κ1) is 13.5. The zero-order valence-electron chi connectivity index (χ0n) is 12.0. The predicted molar refractivity (Wildman–Crippen MR) is 75.2 cm³/mol. The van der Waals surface area contributed by atoms with Crippen LogP contribution in [0.2, 0.25) is 0 Å². The average molecular weight is 264 g/mol. The fraction of sp³-hybridized carbons (Fsp3) is 0.500. The van der Waals surface area contributed by atoms with Gasteiger partial charge in [0.2, 0.25) is 5.91 Å². The maximum atomic E-state index is 12.4. The lowest BCUT2D eigenvalue weighted by atomic mass is 9.92. The lowest BCUT2D eigenvalue weighted by Gasteiger charge is -2.25. The molecule has 1 amide bonds. The van der Waals surface area contributed by atoms with E-state index >= 15 is 0 Å². The quantitative estimate of drug-likeness (QED) is 0.889. The van der Waals surface area contributed by atoms with Crippen molar-refractivity contribution in [2.24, 2.45) is 5.41 Å². The number of hydrogen-bond donors (Lipinski definition) is 1. The molecule has 0 atom stereocenters. The third-order valence-electron chi connectivity index (χ3n) is 3.47. The zero-order valence-corrected chi connectivity index (χ0v) is 12.0. The van der Waals surface area contributed by atoms with E-state index in [4.69, 9.17) is 9.47 Å². The number of ether oxygens (including phenoxy) is 2. The number of methoxy groups -OCH3 is 2. The number of nitrogens with zero attached hydrogens (tertiary/aromatic N) is 1. The van der Waals surface area contributed by atoms with Gasteiger partial charge in [0.25, 0.3) is 0 Å². The highest BCUT2D eigenvalue weighted by atomic mass is 16.5. The van der Waals surface area contributed by atoms with Gasteiger partial charge >= 0.3 is 0 Å². The van der Waals surface area contributed by atoms with Gasteiger partial charge < -0.3 is 19.7 Å². The van der Waals surface area contributed by atoms with Crippen LogP contribution in [0.4, 0.5) is 11.4 Å². The second-order valence-corrected chi connectivity index (χ2v) is 5.33. The number of fused-ring (bicyclic) bond motifs is 1. The van der Waals surface area contributed by atoms with Gasteiger partial charge in [0.05, 0.1) is 31.0 Å². The summed E-state index contributed by atoms with van der Waals surface area (Å²) in [5, 5.41) is 3.30. The van der Waals surface area contributed by atoms with Gasteiger partial charge in [-0.15, -0.1) is 0 Å². The first-order valence-corrected chi connectivity index (χ1v) is 6.19. The lowest BCUT2D eigenvalue weighted by Crippen LogP contribution is -2.40. The highest BCUT2D eigenvalue weighted by Gasteiger charge is 2.35. The van der Waals surface area contributed by atoms with E-state index in [0.717, 1.165) is 11.4 Å². The third kappa shape index (κ3) is 2.20. The molecule has 1 aliphatic rings. The Morgan fingerprint density at radius 3 is 2.37 bits per heavy atom. The molecule has 5 nitrogen and oxygen atoms in total. The number of benzene rings is 1. The Morgan fingerprint density at radius 1 is 1.21 bits per heavy atom. The summed E-state index contributed by atoms with van der Waals surface area (Å²) >= 11 is 0. The van der Waals surface area contributed by atoms with E-state index in [1.165, 1.54) is 0 Å². The number of hydrogen-bond acceptors (Lipinski definition) is 4. The average Bonchev–Trinajstić information content (AvgIpc) is 2.49. The van der Waals surface area contributed by atoms with Gasteiger partial charge in [0.15, 0.2) is 11.5 Å². The summed E-state index contributed by atoms with van der Waals surface area (Å²) in [4.78, 5) is 14.1. The largest absolute Gasteiger partial charge is 0.493 e. The van der Waals surface area contributed by atoms with Crippen LogP contribution in [-0.2, 0) is 4.79 Å². The Kier molecular flexibility index (Phi) is 3.30. The highest BCUT2D eigenvalue weighted by Crippen LogP contribution is 2.41. The molecule has 0 spiro atoms. The molecule has 0 saturated carbocycles. The van der Waals surface area contributed by atoms with Crippen molar-refractivity contribution < 1.29 is 14.3 Å². The van der Waals surface area contributed by atoms with E-state index in [1.54, 1.807) is 26.2 Å². The minimum Gasteiger partial charge on any atom is -0.493 e. The highest BCUT2D eigenvalue weighted by molar-refractivity contribution is 6.01. The first-order chi connectivity index (χ1) is 8.90. The normalized spacial score (nSPS) is 17.3. The molecule has 0 aromatic heterocycles. The number of nitrogens with one attached hydrogen (secondary N) is 1. The minimum atomic E-state index is -0.450. The number of anilines is 2. The van der Waals surface area contributed by atoms with Crippen LogP contribution in [0.3, 0.4) is 0 Å². The third-order valence-corrected chi connectivity index (χ3v) is 3.47. The van der Waals surface area contributed by atoms with Gasteiger partial charge in [-0.3, -0.25) is 4.79 Å². The van der Waals surface area contributed by atoms with Crippen molar-refractivity contribution in [1.29, 1.82) is 0 Å². The SMILES string of the molecule is COc1cc2c(cc1OC)N(C)C(=O)C(C)(C)CN2. The van der Waals surface area contributed by atoms with E-state index in [2.05, 4.69) is 5.32 Å². The zero-order chi connectivity index (χ0) is 14.2. The molecule has 0 fully saturated rings. The summed E-state index contributed by atoms with van der Waals surface area (Å²) in [6.07, 6.45) is 0. The van der Waals surface area contributed by atoms with Crippen LogP contribution in [0.25, 0.3) is 0 Å². The minimum absolute atomic E-state index is 0.0750. The molecule has 0 aliphatic carbocycles. The van der Waals surface area contributed by atoms with Crippen LogP contribution in [0.5, 0.6) is 11.5 Å². The molecule has 5 heteroatoms. The smallest absolute Gasteiger partial charge is 0.234 e. The topological polar surface area (TPSA) is 50.8 Å². The van der Waals surface area contributed by atoms with Crippen molar-refractivity contribution in [2.45, 2.75) is 13.8 Å². The van der Waals surface area contributed by atoms with Gasteiger partial charge in [-0.2, -0.15) is 0 Å². The predicted octanol–water partition coefficient (Wildman–Crippen LogP) is 2.12. The molecular weight excluding hydrogens is 244 g/mol. The summed E-state index contributed by atoms with van der Waals surface area (Å²) in [5.74, 6) is 1.34. The summed E-state index contributed by atoms with van der Waals surface area (Å²) < 4.78 is 10.6. The van der Waals surface area contributed by atoms with E-state index in [1.807, 2.05) is 26.0 Å². The van der Waals surface area contributed by atoms with Crippen LogP contribution in [-0.4, -0.2) is 33.7 Å². The summed E-state index contributed by atoms with van der Waals surface area (Å²) in [7, 11) is 4.96. The molecule has 0 radical (unpaired) electrons. The van der Waals surface area contributed by atoms with Crippen LogP contribution in [0.1, 0.15) is 13.8 Å². The van der Waals surface area contributed by atoms with Crippen molar-refractivity contribution >= 4 is 17.3 Å². The molecule has 1 aromatic carbocycles. The van der Waals surface area contributed by atoms with Crippen molar-refractivity contribution in [2.75, 3.05) is 38.0 Å². The van der Waals surface area contributed by atoms with E-state index in [9.17, 15) is 4.79 Å². The molecule has 1 aliphatic heterocycles. The molecule has 1 heterocycles. The monoisotopic (exact) mass is 264 g/mol. The summed E-state index contributed by atoms with van der Waals surface area (Å²) in [5.41, 5.74) is 1.22. The Bertz CT molecular complexity index is 512. The molecular formula is C14H20N2O3. The van der Waals surface area contributed by atoms with Crippen molar-refractivity contribution in [3.63, 3.8) is 0 Å². The second kappa shape index (κ2) is 4.64. The Balaban J connectivity index is 2.55. The van der Waals surface area contributed by atoms with Gasteiger partial charge in [-0.25, -0.2) is 0 Å². The molecule has 0 saturated heterocycles. The van der Waals surface area contributed by atoms with Crippen molar-refractivity contribution in [1.82, 2.24) is 0 Å². The number of rotatable bonds is 2. The van der Waals surface area contributed by atoms with Crippen LogP contribution >= 0.6 is 0 Å². The van der Waals surface area contributed by atoms with Gasteiger partial charge in [-0.05, 0) is 13.8 Å². The molecule has 104 valence electrons. The van der Waals surface area contributed by atoms with E-state index in [0.29, 0.717) is 18.0 Å². The fourth-order valence-electron chi connectivity index (χ4n) is 2.24. The Hall–Kier alpha value is -1.91. The lowest BCUT2D eigenvalue weighted by molar-refractivity contribution is -0.125. The summed E-state index contributed by atoms with van der Waals surface area (Å²) in [6, 6.07) is 3.68.